The molecule has 0 amide bonds. The van der Waals surface area contributed by atoms with Crippen LogP contribution in [0.2, 0.25) is 0 Å². The van der Waals surface area contributed by atoms with Gasteiger partial charge in [-0.15, -0.1) is 0 Å². The van der Waals surface area contributed by atoms with Crippen molar-refractivity contribution in [1.82, 2.24) is 5.32 Å². The van der Waals surface area contributed by atoms with Crippen molar-refractivity contribution in [3.05, 3.63) is 35.1 Å². The van der Waals surface area contributed by atoms with Gasteiger partial charge in [0.1, 0.15) is 5.82 Å². The minimum atomic E-state index is -0.209. The summed E-state index contributed by atoms with van der Waals surface area (Å²) in [6.45, 7) is 3.27. The van der Waals surface area contributed by atoms with Crippen molar-refractivity contribution < 1.29 is 13.9 Å². The van der Waals surface area contributed by atoms with Crippen LogP contribution in [-0.2, 0) is 9.47 Å². The van der Waals surface area contributed by atoms with Crippen LogP contribution >= 0.6 is 0 Å². The quantitative estimate of drug-likeness (QED) is 0.873. The molecule has 1 heterocycles. The topological polar surface area (TPSA) is 30.5 Å². The predicted molar refractivity (Wildman–Crippen MR) is 63.2 cm³/mol. The highest BCUT2D eigenvalue weighted by molar-refractivity contribution is 5.29. The summed E-state index contributed by atoms with van der Waals surface area (Å²) in [5, 5.41) is 3.19. The van der Waals surface area contributed by atoms with Gasteiger partial charge in [-0.25, -0.2) is 4.39 Å². The number of hydrogen-bond acceptors (Lipinski definition) is 3. The third-order valence-electron chi connectivity index (χ3n) is 3.08. The van der Waals surface area contributed by atoms with Gasteiger partial charge in [0, 0.05) is 12.5 Å². The number of aryl methyl sites for hydroxylation is 1. The zero-order chi connectivity index (χ0) is 12.3. The lowest BCUT2D eigenvalue weighted by Crippen LogP contribution is -2.23. The van der Waals surface area contributed by atoms with E-state index in [9.17, 15) is 4.39 Å². The van der Waals surface area contributed by atoms with Crippen LogP contribution in [-0.4, -0.2) is 26.6 Å². The Bertz CT molecular complexity index is 378. The summed E-state index contributed by atoms with van der Waals surface area (Å²) in [5.41, 5.74) is 2.04. The third kappa shape index (κ3) is 3.03. The molecule has 0 saturated carbocycles. The van der Waals surface area contributed by atoms with Gasteiger partial charge in [-0.2, -0.15) is 0 Å². The largest absolute Gasteiger partial charge is 0.350 e. The summed E-state index contributed by atoms with van der Waals surface area (Å²) in [6, 6.07) is 4.90. The van der Waals surface area contributed by atoms with Gasteiger partial charge >= 0.3 is 0 Å². The zero-order valence-electron chi connectivity index (χ0n) is 10.2. The van der Waals surface area contributed by atoms with Crippen molar-refractivity contribution in [2.24, 2.45) is 0 Å². The highest BCUT2D eigenvalue weighted by Gasteiger charge is 2.22. The first-order valence-corrected chi connectivity index (χ1v) is 5.87. The van der Waals surface area contributed by atoms with Crippen LogP contribution in [0.4, 0.5) is 4.39 Å². The van der Waals surface area contributed by atoms with Crippen LogP contribution in [0.3, 0.4) is 0 Å². The highest BCUT2D eigenvalue weighted by atomic mass is 19.1. The Labute approximate surface area is 101 Å². The number of hydrogen-bond donors (Lipinski definition) is 1. The lowest BCUT2D eigenvalue weighted by Gasteiger charge is -2.21. The number of nitrogens with one attached hydrogen (secondary N) is 1. The molecule has 3 nitrogen and oxygen atoms in total. The van der Waals surface area contributed by atoms with Crippen LogP contribution < -0.4 is 5.32 Å². The van der Waals surface area contributed by atoms with Gasteiger partial charge < -0.3 is 14.8 Å². The maximum absolute atomic E-state index is 13.3. The standard InChI is InChI=1S/C13H18FNO2/c1-9-3-4-10(14)7-11(9)12(15-2)8-13-16-5-6-17-13/h3-4,7,12-13,15H,5-6,8H2,1-2H3. The molecule has 94 valence electrons. The van der Waals surface area contributed by atoms with E-state index in [4.69, 9.17) is 9.47 Å². The molecule has 0 aromatic heterocycles. The predicted octanol–water partition coefficient (Wildman–Crippen LogP) is 2.16. The van der Waals surface area contributed by atoms with Crippen LogP contribution in [0.5, 0.6) is 0 Å². The first kappa shape index (κ1) is 12.5. The first-order chi connectivity index (χ1) is 8.20. The van der Waals surface area contributed by atoms with Gasteiger partial charge in [-0.05, 0) is 37.2 Å². The molecular formula is C13H18FNO2. The number of halogens is 1. The molecule has 2 rings (SSSR count). The molecule has 1 unspecified atom stereocenters. The van der Waals surface area contributed by atoms with E-state index in [1.807, 2.05) is 14.0 Å². The second-order valence-corrected chi connectivity index (χ2v) is 4.25. The average Bonchev–Trinajstić information content (AvgIpc) is 2.82. The van der Waals surface area contributed by atoms with E-state index in [1.165, 1.54) is 6.07 Å². The number of benzene rings is 1. The molecule has 1 aliphatic heterocycles. The van der Waals surface area contributed by atoms with Crippen LogP contribution in [0.25, 0.3) is 0 Å². The maximum Gasteiger partial charge on any atom is 0.159 e. The molecule has 4 heteroatoms. The van der Waals surface area contributed by atoms with Gasteiger partial charge in [0.2, 0.25) is 0 Å². The fourth-order valence-corrected chi connectivity index (χ4v) is 2.12. The maximum atomic E-state index is 13.3. The second-order valence-electron chi connectivity index (χ2n) is 4.25. The summed E-state index contributed by atoms with van der Waals surface area (Å²) in [6.07, 6.45) is 0.510. The van der Waals surface area contributed by atoms with Crippen molar-refractivity contribution in [2.45, 2.75) is 25.7 Å². The van der Waals surface area contributed by atoms with Crippen molar-refractivity contribution in [3.63, 3.8) is 0 Å². The molecule has 0 bridgehead atoms. The Morgan fingerprint density at radius 3 is 2.76 bits per heavy atom. The van der Waals surface area contributed by atoms with Crippen molar-refractivity contribution >= 4 is 0 Å². The van der Waals surface area contributed by atoms with Crippen LogP contribution in [0.15, 0.2) is 18.2 Å². The van der Waals surface area contributed by atoms with E-state index in [0.29, 0.717) is 19.6 Å². The van der Waals surface area contributed by atoms with Gasteiger partial charge in [0.15, 0.2) is 6.29 Å². The van der Waals surface area contributed by atoms with Crippen molar-refractivity contribution in [3.8, 4) is 0 Å². The van der Waals surface area contributed by atoms with E-state index in [-0.39, 0.29) is 18.1 Å². The normalized spacial score (nSPS) is 18.5. The molecule has 1 aromatic rings. The lowest BCUT2D eigenvalue weighted by molar-refractivity contribution is -0.0526. The molecule has 1 N–H and O–H groups in total. The minimum Gasteiger partial charge on any atom is -0.350 e. The molecule has 17 heavy (non-hydrogen) atoms. The minimum absolute atomic E-state index is 0.0498. The summed E-state index contributed by atoms with van der Waals surface area (Å²) in [4.78, 5) is 0. The fourth-order valence-electron chi connectivity index (χ4n) is 2.12. The van der Waals surface area contributed by atoms with Crippen LogP contribution in [0, 0.1) is 12.7 Å². The Morgan fingerprint density at radius 2 is 2.12 bits per heavy atom. The summed E-state index contributed by atoms with van der Waals surface area (Å²) in [5.74, 6) is -0.209. The van der Waals surface area contributed by atoms with Gasteiger partial charge in [-0.1, -0.05) is 6.07 Å². The monoisotopic (exact) mass is 239 g/mol. The number of rotatable bonds is 4. The highest BCUT2D eigenvalue weighted by Crippen LogP contribution is 2.25. The second kappa shape index (κ2) is 5.58. The van der Waals surface area contributed by atoms with E-state index < -0.39 is 0 Å². The molecule has 1 atom stereocenters. The SMILES string of the molecule is CNC(CC1OCCO1)c1cc(F)ccc1C. The smallest absolute Gasteiger partial charge is 0.159 e. The lowest BCUT2D eigenvalue weighted by atomic mass is 9.98. The summed E-state index contributed by atoms with van der Waals surface area (Å²) < 4.78 is 24.1. The Balaban J connectivity index is 2.13. The Kier molecular flexibility index (Phi) is 4.10. The van der Waals surface area contributed by atoms with E-state index in [1.54, 1.807) is 12.1 Å². The van der Waals surface area contributed by atoms with Crippen LogP contribution in [0.1, 0.15) is 23.6 Å². The van der Waals surface area contributed by atoms with Gasteiger partial charge in [-0.3, -0.25) is 0 Å². The third-order valence-corrected chi connectivity index (χ3v) is 3.08. The number of ether oxygens (including phenoxy) is 2. The molecule has 1 aromatic carbocycles. The molecule has 0 radical (unpaired) electrons. The first-order valence-electron chi connectivity index (χ1n) is 5.87. The van der Waals surface area contributed by atoms with Crippen molar-refractivity contribution in [2.75, 3.05) is 20.3 Å². The van der Waals surface area contributed by atoms with Crippen molar-refractivity contribution in [1.29, 1.82) is 0 Å². The molecule has 1 saturated heterocycles. The fraction of sp³-hybridized carbons (Fsp3) is 0.538. The average molecular weight is 239 g/mol. The van der Waals surface area contributed by atoms with Gasteiger partial charge in [0.05, 0.1) is 13.2 Å². The summed E-state index contributed by atoms with van der Waals surface area (Å²) >= 11 is 0. The van der Waals surface area contributed by atoms with E-state index in [0.717, 1.165) is 11.1 Å². The molecule has 0 aliphatic carbocycles. The molecule has 0 spiro atoms. The molecular weight excluding hydrogens is 221 g/mol. The molecule has 1 aliphatic rings. The van der Waals surface area contributed by atoms with E-state index >= 15 is 0 Å². The van der Waals surface area contributed by atoms with E-state index in [2.05, 4.69) is 5.32 Å². The molecule has 1 fully saturated rings. The zero-order valence-corrected chi connectivity index (χ0v) is 10.2. The Hall–Kier alpha value is -0.970. The van der Waals surface area contributed by atoms with Gasteiger partial charge in [0.25, 0.3) is 0 Å². The Morgan fingerprint density at radius 1 is 1.41 bits per heavy atom. The summed E-state index contributed by atoms with van der Waals surface area (Å²) in [7, 11) is 1.87.